The summed E-state index contributed by atoms with van der Waals surface area (Å²) < 4.78 is 29.8. The van der Waals surface area contributed by atoms with E-state index in [9.17, 15) is 18.4 Å². The number of anilines is 1. The predicted octanol–water partition coefficient (Wildman–Crippen LogP) is 4.25. The first-order chi connectivity index (χ1) is 13.4. The third-order valence-corrected chi connectivity index (χ3v) is 4.88. The van der Waals surface area contributed by atoms with Crippen molar-refractivity contribution in [1.82, 2.24) is 9.62 Å². The average molecular weight is 403 g/mol. The van der Waals surface area contributed by atoms with Gasteiger partial charge in [-0.15, -0.1) is 0 Å². The van der Waals surface area contributed by atoms with Crippen LogP contribution in [0, 0.1) is 11.6 Å². The Kier molecular flexibility index (Phi) is 5.99. The van der Waals surface area contributed by atoms with Crippen molar-refractivity contribution in [1.29, 1.82) is 0 Å². The number of hydrogen-bond acceptors (Lipinski definition) is 3. The number of carbonyl (C=O) groups is 2. The van der Waals surface area contributed by atoms with E-state index >= 15 is 0 Å². The molecule has 0 aliphatic carbocycles. The van der Waals surface area contributed by atoms with Crippen LogP contribution in [-0.2, 0) is 0 Å². The maximum absolute atomic E-state index is 13.7. The molecule has 1 aliphatic rings. The number of amides is 3. The van der Waals surface area contributed by atoms with E-state index in [2.05, 4.69) is 22.9 Å². The second kappa shape index (κ2) is 8.43. The molecule has 2 N–H and O–H groups in total. The lowest BCUT2D eigenvalue weighted by molar-refractivity contribution is 0.101. The smallest absolute Gasteiger partial charge is 0.322 e. The van der Waals surface area contributed by atoms with Gasteiger partial charge in [0.2, 0.25) is 0 Å². The first-order valence-electron chi connectivity index (χ1n) is 8.64. The SMILES string of the molecule is CC1=C(c2ccc(NC(=O)c3c(F)cccc3F)cc2)CN(C(=O)NS)CC1. The van der Waals surface area contributed by atoms with Gasteiger partial charge in [-0.25, -0.2) is 13.6 Å². The van der Waals surface area contributed by atoms with Crippen molar-refractivity contribution in [2.75, 3.05) is 18.4 Å². The van der Waals surface area contributed by atoms with Gasteiger partial charge in [0.05, 0.1) is 0 Å². The van der Waals surface area contributed by atoms with Gasteiger partial charge in [0.15, 0.2) is 0 Å². The highest BCUT2D eigenvalue weighted by Crippen LogP contribution is 2.27. The molecule has 2 aromatic carbocycles. The topological polar surface area (TPSA) is 61.4 Å². The Balaban J connectivity index is 1.76. The van der Waals surface area contributed by atoms with Crippen LogP contribution in [0.2, 0.25) is 0 Å². The highest BCUT2D eigenvalue weighted by Gasteiger charge is 2.22. The first kappa shape index (κ1) is 19.9. The molecule has 3 rings (SSSR count). The second-order valence-corrected chi connectivity index (χ2v) is 6.70. The van der Waals surface area contributed by atoms with Crippen LogP contribution in [0.5, 0.6) is 0 Å². The highest BCUT2D eigenvalue weighted by atomic mass is 32.1. The molecule has 0 saturated carbocycles. The molecule has 0 aromatic heterocycles. The first-order valence-corrected chi connectivity index (χ1v) is 9.09. The molecule has 8 heteroatoms. The lowest BCUT2D eigenvalue weighted by Crippen LogP contribution is -2.40. The van der Waals surface area contributed by atoms with Crippen molar-refractivity contribution in [3.63, 3.8) is 0 Å². The van der Waals surface area contributed by atoms with Crippen LogP contribution in [0.25, 0.3) is 5.57 Å². The van der Waals surface area contributed by atoms with Gasteiger partial charge in [-0.3, -0.25) is 9.52 Å². The van der Waals surface area contributed by atoms with Crippen molar-refractivity contribution >= 4 is 36.0 Å². The standard InChI is InChI=1S/C20H19F2N3O2S/c1-12-9-10-25(20(27)24-28)11-15(12)13-5-7-14(8-6-13)23-19(26)18-16(21)3-2-4-17(18)22/h2-8,28H,9-11H2,1H3,(H,23,26)(H,24,27). The number of thiol groups is 1. The van der Waals surface area contributed by atoms with Crippen LogP contribution in [-0.4, -0.2) is 29.9 Å². The van der Waals surface area contributed by atoms with Crippen LogP contribution in [0.4, 0.5) is 19.3 Å². The summed E-state index contributed by atoms with van der Waals surface area (Å²) >= 11 is 3.80. The number of carbonyl (C=O) groups excluding carboxylic acids is 2. The van der Waals surface area contributed by atoms with Gasteiger partial charge >= 0.3 is 6.03 Å². The minimum Gasteiger partial charge on any atom is -0.322 e. The molecule has 3 amide bonds. The quantitative estimate of drug-likeness (QED) is 0.671. The number of nitrogens with one attached hydrogen (secondary N) is 2. The normalized spacial score (nSPS) is 14.1. The molecule has 2 aromatic rings. The number of benzene rings is 2. The molecule has 1 heterocycles. The molecule has 1 aliphatic heterocycles. The number of nitrogens with zero attached hydrogens (tertiary/aromatic N) is 1. The van der Waals surface area contributed by atoms with E-state index in [1.165, 1.54) is 11.6 Å². The average Bonchev–Trinajstić information content (AvgIpc) is 2.68. The molecule has 0 radical (unpaired) electrons. The summed E-state index contributed by atoms with van der Waals surface area (Å²) in [6, 6.07) is 9.92. The summed E-state index contributed by atoms with van der Waals surface area (Å²) in [5, 5.41) is 2.50. The fraction of sp³-hybridized carbons (Fsp3) is 0.200. The van der Waals surface area contributed by atoms with Crippen molar-refractivity contribution in [3.8, 4) is 0 Å². The zero-order chi connectivity index (χ0) is 20.3. The molecular formula is C20H19F2N3O2S. The fourth-order valence-corrected chi connectivity index (χ4v) is 3.24. The zero-order valence-corrected chi connectivity index (χ0v) is 16.0. The summed E-state index contributed by atoms with van der Waals surface area (Å²) in [5.74, 6) is -2.69. The molecule has 0 bridgehead atoms. The van der Waals surface area contributed by atoms with Gasteiger partial charge < -0.3 is 10.2 Å². The molecule has 0 fully saturated rings. The Morgan fingerprint density at radius 3 is 2.32 bits per heavy atom. The van der Waals surface area contributed by atoms with Gasteiger partial charge in [0.25, 0.3) is 5.91 Å². The summed E-state index contributed by atoms with van der Waals surface area (Å²) in [7, 11) is 0. The van der Waals surface area contributed by atoms with E-state index in [0.717, 1.165) is 29.7 Å². The monoisotopic (exact) mass is 403 g/mol. The van der Waals surface area contributed by atoms with Crippen LogP contribution < -0.4 is 10.0 Å². The number of hydrogen-bond donors (Lipinski definition) is 3. The molecular weight excluding hydrogens is 384 g/mol. The summed E-state index contributed by atoms with van der Waals surface area (Å²) in [5.41, 5.74) is 2.89. The molecule has 5 nitrogen and oxygen atoms in total. The predicted molar refractivity (Wildman–Crippen MR) is 107 cm³/mol. The fourth-order valence-electron chi connectivity index (χ4n) is 3.10. The minimum atomic E-state index is -0.917. The molecule has 28 heavy (non-hydrogen) atoms. The summed E-state index contributed by atoms with van der Waals surface area (Å²) in [6.07, 6.45) is 0.752. The van der Waals surface area contributed by atoms with Crippen molar-refractivity contribution in [2.45, 2.75) is 13.3 Å². The lowest BCUT2D eigenvalue weighted by Gasteiger charge is -2.29. The molecule has 0 atom stereocenters. The van der Waals surface area contributed by atoms with E-state index < -0.39 is 23.1 Å². The largest absolute Gasteiger partial charge is 0.327 e. The van der Waals surface area contributed by atoms with Gasteiger partial charge in [-0.1, -0.05) is 36.6 Å². The Morgan fingerprint density at radius 1 is 1.07 bits per heavy atom. The van der Waals surface area contributed by atoms with E-state index in [1.807, 2.05) is 6.92 Å². The highest BCUT2D eigenvalue weighted by molar-refractivity contribution is 7.78. The van der Waals surface area contributed by atoms with Crippen molar-refractivity contribution in [2.24, 2.45) is 0 Å². The van der Waals surface area contributed by atoms with Crippen LogP contribution in [0.1, 0.15) is 29.3 Å². The van der Waals surface area contributed by atoms with Gasteiger partial charge in [-0.05, 0) is 48.7 Å². The van der Waals surface area contributed by atoms with Crippen molar-refractivity contribution < 1.29 is 18.4 Å². The van der Waals surface area contributed by atoms with E-state index in [-0.39, 0.29) is 6.03 Å². The molecule has 146 valence electrons. The number of urea groups is 1. The summed E-state index contributed by atoms with van der Waals surface area (Å²) in [6.45, 7) is 3.08. The Morgan fingerprint density at radius 2 is 1.71 bits per heavy atom. The third kappa shape index (κ3) is 4.17. The molecule has 0 spiro atoms. The Hall–Kier alpha value is -2.87. The number of rotatable bonds is 3. The van der Waals surface area contributed by atoms with Crippen LogP contribution in [0.3, 0.4) is 0 Å². The second-order valence-electron chi connectivity index (χ2n) is 6.48. The van der Waals surface area contributed by atoms with E-state index in [0.29, 0.717) is 18.8 Å². The minimum absolute atomic E-state index is 0.260. The Bertz CT molecular complexity index is 925. The van der Waals surface area contributed by atoms with Crippen LogP contribution >= 0.6 is 12.8 Å². The van der Waals surface area contributed by atoms with Gasteiger partial charge in [-0.2, -0.15) is 0 Å². The molecule has 0 unspecified atom stereocenters. The number of halogens is 2. The lowest BCUT2D eigenvalue weighted by atomic mass is 9.95. The summed E-state index contributed by atoms with van der Waals surface area (Å²) in [4.78, 5) is 25.7. The third-order valence-electron chi connectivity index (χ3n) is 4.68. The Labute approximate surface area is 167 Å². The van der Waals surface area contributed by atoms with Crippen LogP contribution in [0.15, 0.2) is 48.0 Å². The molecule has 0 saturated heterocycles. The van der Waals surface area contributed by atoms with Gasteiger partial charge in [0.1, 0.15) is 17.2 Å². The maximum Gasteiger partial charge on any atom is 0.327 e. The van der Waals surface area contributed by atoms with Gasteiger partial charge in [0, 0.05) is 18.8 Å². The van der Waals surface area contributed by atoms with E-state index in [4.69, 9.17) is 0 Å². The van der Waals surface area contributed by atoms with E-state index in [1.54, 1.807) is 29.2 Å². The zero-order valence-electron chi connectivity index (χ0n) is 15.1. The van der Waals surface area contributed by atoms with Crippen molar-refractivity contribution in [3.05, 3.63) is 70.8 Å². The maximum atomic E-state index is 13.7.